The van der Waals surface area contributed by atoms with E-state index in [9.17, 15) is 9.18 Å². The minimum Gasteiger partial charge on any atom is -0.473 e. The number of ether oxygens (including phenoxy) is 2. The minimum atomic E-state index is -1.72. The van der Waals surface area contributed by atoms with Crippen LogP contribution in [0.25, 0.3) is 10.9 Å². The molecule has 0 fully saturated rings. The molecule has 27 heavy (non-hydrogen) atoms. The monoisotopic (exact) mass is 370 g/mol. The van der Waals surface area contributed by atoms with Crippen LogP contribution >= 0.6 is 0 Å². The maximum Gasteiger partial charge on any atom is 0.341 e. The Morgan fingerprint density at radius 3 is 2.74 bits per heavy atom. The van der Waals surface area contributed by atoms with Crippen LogP contribution in [-0.4, -0.2) is 28.3 Å². The van der Waals surface area contributed by atoms with Gasteiger partial charge in [0.2, 0.25) is 12.1 Å². The van der Waals surface area contributed by atoms with Crippen LogP contribution in [0.4, 0.5) is 4.39 Å². The van der Waals surface area contributed by atoms with Gasteiger partial charge < -0.3 is 14.0 Å². The van der Waals surface area contributed by atoms with Gasteiger partial charge in [-0.15, -0.1) is 0 Å². The van der Waals surface area contributed by atoms with Crippen molar-refractivity contribution in [2.75, 3.05) is 6.61 Å². The van der Waals surface area contributed by atoms with E-state index in [0.717, 1.165) is 22.0 Å². The largest absolute Gasteiger partial charge is 0.473 e. The number of alkyl halides is 1. The molecule has 0 saturated carbocycles. The average Bonchev–Trinajstić information content (AvgIpc) is 3.02. The summed E-state index contributed by atoms with van der Waals surface area (Å²) in [4.78, 5) is 16.1. The number of halogens is 1. The standard InChI is InChI=1S/C21H23FN2O3/c1-4-26-21(25)20(22)14(2)17-12-24(3)18-11-23-19(10-16(17)18)27-13-15-8-6-5-7-9-15/h5-12,14,20H,4,13H2,1-3H3. The number of carbonyl (C=O) groups is 1. The Bertz CT molecular complexity index is 924. The highest BCUT2D eigenvalue weighted by Gasteiger charge is 2.29. The molecule has 0 saturated heterocycles. The zero-order valence-corrected chi connectivity index (χ0v) is 15.7. The number of nitrogens with zero attached hydrogens (tertiary/aromatic N) is 2. The van der Waals surface area contributed by atoms with Crippen LogP contribution < -0.4 is 4.74 Å². The highest BCUT2D eigenvalue weighted by atomic mass is 19.1. The summed E-state index contributed by atoms with van der Waals surface area (Å²) in [5.74, 6) is -1.02. The molecule has 5 nitrogen and oxygen atoms in total. The maximum absolute atomic E-state index is 14.5. The lowest BCUT2D eigenvalue weighted by molar-refractivity contribution is -0.149. The number of aromatic nitrogens is 2. The predicted octanol–water partition coefficient (Wildman–Crippen LogP) is 4.16. The van der Waals surface area contributed by atoms with Crippen molar-refractivity contribution >= 4 is 16.9 Å². The van der Waals surface area contributed by atoms with Crippen molar-refractivity contribution in [3.63, 3.8) is 0 Å². The first-order valence-corrected chi connectivity index (χ1v) is 8.93. The van der Waals surface area contributed by atoms with E-state index in [-0.39, 0.29) is 6.61 Å². The van der Waals surface area contributed by atoms with Gasteiger partial charge in [-0.1, -0.05) is 37.3 Å². The topological polar surface area (TPSA) is 53.4 Å². The van der Waals surface area contributed by atoms with Crippen LogP contribution in [0.2, 0.25) is 0 Å². The molecule has 2 heterocycles. The highest BCUT2D eigenvalue weighted by molar-refractivity contribution is 5.86. The third kappa shape index (κ3) is 4.10. The fourth-order valence-corrected chi connectivity index (χ4v) is 3.05. The molecule has 2 unspecified atom stereocenters. The van der Waals surface area contributed by atoms with Gasteiger partial charge in [-0.3, -0.25) is 0 Å². The number of pyridine rings is 1. The van der Waals surface area contributed by atoms with E-state index in [2.05, 4.69) is 4.98 Å². The van der Waals surface area contributed by atoms with Crippen molar-refractivity contribution in [1.29, 1.82) is 0 Å². The van der Waals surface area contributed by atoms with Crippen molar-refractivity contribution in [2.24, 2.45) is 7.05 Å². The van der Waals surface area contributed by atoms with Crippen molar-refractivity contribution in [2.45, 2.75) is 32.5 Å². The van der Waals surface area contributed by atoms with Gasteiger partial charge in [-0.25, -0.2) is 14.2 Å². The van der Waals surface area contributed by atoms with Crippen LogP contribution in [0, 0.1) is 0 Å². The molecule has 0 aliphatic carbocycles. The molecule has 1 aromatic carbocycles. The smallest absolute Gasteiger partial charge is 0.341 e. The summed E-state index contributed by atoms with van der Waals surface area (Å²) in [6.45, 7) is 3.89. The summed E-state index contributed by atoms with van der Waals surface area (Å²) >= 11 is 0. The Kier molecular flexibility index (Phi) is 5.74. The number of carbonyl (C=O) groups excluding carboxylic acids is 1. The number of rotatable bonds is 7. The second-order valence-electron chi connectivity index (χ2n) is 6.45. The van der Waals surface area contributed by atoms with Gasteiger partial charge in [0.05, 0.1) is 18.3 Å². The van der Waals surface area contributed by atoms with Gasteiger partial charge in [-0.05, 0) is 18.1 Å². The molecule has 0 spiro atoms. The van der Waals surface area contributed by atoms with Crippen LogP contribution in [0.3, 0.4) is 0 Å². The van der Waals surface area contributed by atoms with Gasteiger partial charge in [0.25, 0.3) is 0 Å². The van der Waals surface area contributed by atoms with E-state index in [1.165, 1.54) is 0 Å². The molecule has 2 aromatic heterocycles. The first-order chi connectivity index (χ1) is 13.0. The predicted molar refractivity (Wildman–Crippen MR) is 101 cm³/mol. The first-order valence-electron chi connectivity index (χ1n) is 8.93. The Labute approximate surface area is 157 Å². The van der Waals surface area contributed by atoms with Crippen molar-refractivity contribution < 1.29 is 18.7 Å². The third-order valence-corrected chi connectivity index (χ3v) is 4.55. The molecule has 3 rings (SSSR count). The number of esters is 1. The number of benzene rings is 1. The van der Waals surface area contributed by atoms with E-state index in [1.807, 2.05) is 48.1 Å². The molecule has 0 amide bonds. The molecular formula is C21H23FN2O3. The fraction of sp³-hybridized carbons (Fsp3) is 0.333. The Hall–Kier alpha value is -2.89. The summed E-state index contributed by atoms with van der Waals surface area (Å²) in [5.41, 5.74) is 2.60. The maximum atomic E-state index is 14.5. The second-order valence-corrected chi connectivity index (χ2v) is 6.45. The SMILES string of the molecule is CCOC(=O)C(F)C(C)c1cn(C)c2cnc(OCc3ccccc3)cc12. The quantitative estimate of drug-likeness (QED) is 0.586. The molecule has 0 aliphatic heterocycles. The van der Waals surface area contributed by atoms with Gasteiger partial charge in [-0.2, -0.15) is 0 Å². The summed E-state index contributed by atoms with van der Waals surface area (Å²) in [6, 6.07) is 11.6. The van der Waals surface area contributed by atoms with Crippen LogP contribution in [0.5, 0.6) is 5.88 Å². The fourth-order valence-electron chi connectivity index (χ4n) is 3.05. The first kappa shape index (κ1) is 18.9. The zero-order chi connectivity index (χ0) is 19.4. The Morgan fingerprint density at radius 1 is 1.30 bits per heavy atom. The average molecular weight is 370 g/mol. The van der Waals surface area contributed by atoms with E-state index >= 15 is 0 Å². The summed E-state index contributed by atoms with van der Waals surface area (Å²) < 4.78 is 27.0. The third-order valence-electron chi connectivity index (χ3n) is 4.55. The van der Waals surface area contributed by atoms with E-state index in [4.69, 9.17) is 9.47 Å². The van der Waals surface area contributed by atoms with Gasteiger partial charge >= 0.3 is 5.97 Å². The van der Waals surface area contributed by atoms with Gasteiger partial charge in [0.1, 0.15) is 6.61 Å². The second kappa shape index (κ2) is 8.20. The molecule has 0 radical (unpaired) electrons. The summed E-state index contributed by atoms with van der Waals surface area (Å²) in [5, 5.41) is 0.815. The molecule has 0 bridgehead atoms. The summed E-state index contributed by atoms with van der Waals surface area (Å²) in [7, 11) is 1.86. The lowest BCUT2D eigenvalue weighted by atomic mass is 9.96. The lowest BCUT2D eigenvalue weighted by Gasteiger charge is -2.15. The molecule has 6 heteroatoms. The zero-order valence-electron chi connectivity index (χ0n) is 15.7. The van der Waals surface area contributed by atoms with Crippen LogP contribution in [0.1, 0.15) is 30.9 Å². The Morgan fingerprint density at radius 2 is 2.04 bits per heavy atom. The molecule has 142 valence electrons. The molecule has 0 aliphatic rings. The molecule has 0 N–H and O–H groups in total. The van der Waals surface area contributed by atoms with Crippen LogP contribution in [-0.2, 0) is 23.2 Å². The van der Waals surface area contributed by atoms with Gasteiger partial charge in [0, 0.05) is 30.6 Å². The molecular weight excluding hydrogens is 347 g/mol. The summed E-state index contributed by atoms with van der Waals surface area (Å²) in [6.07, 6.45) is 1.80. The number of fused-ring (bicyclic) bond motifs is 1. The highest BCUT2D eigenvalue weighted by Crippen LogP contribution is 2.32. The van der Waals surface area contributed by atoms with Gasteiger partial charge in [0.15, 0.2) is 0 Å². The molecule has 3 aromatic rings. The Balaban J connectivity index is 1.86. The normalized spacial score (nSPS) is 13.3. The lowest BCUT2D eigenvalue weighted by Crippen LogP contribution is -2.24. The van der Waals surface area contributed by atoms with E-state index in [0.29, 0.717) is 12.5 Å². The molecule has 2 atom stereocenters. The number of hydrogen-bond acceptors (Lipinski definition) is 4. The van der Waals surface area contributed by atoms with Crippen molar-refractivity contribution in [3.05, 3.63) is 59.9 Å². The number of aryl methyl sites for hydroxylation is 1. The minimum absolute atomic E-state index is 0.156. The van der Waals surface area contributed by atoms with Crippen LogP contribution in [0.15, 0.2) is 48.8 Å². The van der Waals surface area contributed by atoms with Crippen molar-refractivity contribution in [3.8, 4) is 5.88 Å². The number of hydrogen-bond donors (Lipinski definition) is 0. The van der Waals surface area contributed by atoms with Crippen molar-refractivity contribution in [1.82, 2.24) is 9.55 Å². The van der Waals surface area contributed by atoms with E-state index in [1.54, 1.807) is 26.1 Å². The van der Waals surface area contributed by atoms with E-state index < -0.39 is 18.1 Å².